The highest BCUT2D eigenvalue weighted by molar-refractivity contribution is 5.27. The molecule has 0 aromatic heterocycles. The number of allylic oxidation sites excluding steroid dienone is 2. The van der Waals surface area contributed by atoms with E-state index in [0.29, 0.717) is 0 Å². The van der Waals surface area contributed by atoms with Gasteiger partial charge in [-0.2, -0.15) is 0 Å². The molecule has 0 saturated carbocycles. The molecule has 0 aliphatic heterocycles. The average Bonchev–Trinajstić information content (AvgIpc) is 1.94. The Morgan fingerprint density at radius 3 is 2.64 bits per heavy atom. The van der Waals surface area contributed by atoms with Crippen LogP contribution in [0.15, 0.2) is 23.8 Å². The Morgan fingerprint density at radius 2 is 2.18 bits per heavy atom. The molecule has 1 aliphatic carbocycles. The first-order chi connectivity index (χ1) is 5.06. The van der Waals surface area contributed by atoms with Crippen molar-refractivity contribution in [1.29, 1.82) is 0 Å². The first-order valence-electron chi connectivity index (χ1n) is 3.41. The molecular weight excluding hydrogens is 144 g/mol. The Labute approximate surface area is 65.6 Å². The molecule has 1 rings (SSSR count). The quantitative estimate of drug-likeness (QED) is 0.533. The molecule has 3 heteroatoms. The predicted octanol–water partition coefficient (Wildman–Crippen LogP) is 0.198. The Morgan fingerprint density at radius 1 is 1.55 bits per heavy atom. The maximum Gasteiger partial charge on any atom is 0.214 e. The third-order valence-corrected chi connectivity index (χ3v) is 1.68. The van der Waals surface area contributed by atoms with Crippen LogP contribution in [0.3, 0.4) is 0 Å². The molecule has 0 amide bonds. The van der Waals surface area contributed by atoms with Gasteiger partial charge in [-0.25, -0.2) is 0 Å². The summed E-state index contributed by atoms with van der Waals surface area (Å²) in [6.45, 7) is 1.87. The van der Waals surface area contributed by atoms with Crippen molar-refractivity contribution in [3.63, 3.8) is 0 Å². The van der Waals surface area contributed by atoms with Crippen LogP contribution in [-0.2, 0) is 4.74 Å². The van der Waals surface area contributed by atoms with E-state index in [1.54, 1.807) is 12.2 Å². The van der Waals surface area contributed by atoms with E-state index in [9.17, 15) is 10.2 Å². The number of ether oxygens (including phenoxy) is 1. The molecule has 11 heavy (non-hydrogen) atoms. The van der Waals surface area contributed by atoms with Gasteiger partial charge < -0.3 is 14.9 Å². The second-order valence-corrected chi connectivity index (χ2v) is 2.68. The fourth-order valence-electron chi connectivity index (χ4n) is 1.01. The van der Waals surface area contributed by atoms with E-state index in [1.165, 1.54) is 13.2 Å². The van der Waals surface area contributed by atoms with Gasteiger partial charge >= 0.3 is 0 Å². The minimum Gasteiger partial charge on any atom is -0.371 e. The number of aliphatic hydroxyl groups is 2. The van der Waals surface area contributed by atoms with Gasteiger partial charge in [0.05, 0.1) is 0 Å². The second-order valence-electron chi connectivity index (χ2n) is 2.68. The summed E-state index contributed by atoms with van der Waals surface area (Å²) in [5, 5.41) is 18.5. The Kier molecular flexibility index (Phi) is 2.13. The Hall–Kier alpha value is -0.640. The normalized spacial score (nSPS) is 28.4. The summed E-state index contributed by atoms with van der Waals surface area (Å²) >= 11 is 0. The van der Waals surface area contributed by atoms with Gasteiger partial charge in [0.15, 0.2) is 0 Å². The second kappa shape index (κ2) is 2.77. The molecule has 3 nitrogen and oxygen atoms in total. The average molecular weight is 156 g/mol. The van der Waals surface area contributed by atoms with Crippen LogP contribution in [-0.4, -0.2) is 29.2 Å². The van der Waals surface area contributed by atoms with Crippen molar-refractivity contribution in [2.45, 2.75) is 18.8 Å². The van der Waals surface area contributed by atoms with Gasteiger partial charge in [-0.15, -0.1) is 0 Å². The van der Waals surface area contributed by atoms with Crippen molar-refractivity contribution in [3.05, 3.63) is 23.8 Å². The molecule has 0 fully saturated rings. The summed E-state index contributed by atoms with van der Waals surface area (Å²) in [5.41, 5.74) is 0.968. The van der Waals surface area contributed by atoms with E-state index in [-0.39, 0.29) is 0 Å². The van der Waals surface area contributed by atoms with Gasteiger partial charge in [0.2, 0.25) is 5.79 Å². The van der Waals surface area contributed by atoms with Crippen LogP contribution in [0, 0.1) is 0 Å². The summed E-state index contributed by atoms with van der Waals surface area (Å²) in [5.74, 6) is -1.85. The summed E-state index contributed by atoms with van der Waals surface area (Å²) in [6.07, 6.45) is 3.97. The smallest absolute Gasteiger partial charge is 0.214 e. The first-order valence-corrected chi connectivity index (χ1v) is 3.41. The fraction of sp³-hybridized carbons (Fsp3) is 0.500. The molecule has 0 aromatic rings. The Bertz CT molecular complexity index is 203. The molecule has 62 valence electrons. The molecular formula is C8H12O3. The van der Waals surface area contributed by atoms with Crippen molar-refractivity contribution >= 4 is 0 Å². The largest absolute Gasteiger partial charge is 0.371 e. The fourth-order valence-corrected chi connectivity index (χ4v) is 1.01. The van der Waals surface area contributed by atoms with E-state index in [2.05, 4.69) is 0 Å². The molecule has 0 radical (unpaired) electrons. The zero-order chi connectivity index (χ0) is 8.48. The lowest BCUT2D eigenvalue weighted by atomic mass is 10.0. The van der Waals surface area contributed by atoms with Crippen molar-refractivity contribution in [2.75, 3.05) is 7.11 Å². The van der Waals surface area contributed by atoms with Gasteiger partial charge in [0, 0.05) is 7.11 Å². The molecule has 0 heterocycles. The van der Waals surface area contributed by atoms with Crippen molar-refractivity contribution in [3.8, 4) is 0 Å². The van der Waals surface area contributed by atoms with E-state index in [4.69, 9.17) is 4.74 Å². The lowest BCUT2D eigenvalue weighted by molar-refractivity contribution is -0.183. The Balaban J connectivity index is 2.84. The third-order valence-electron chi connectivity index (χ3n) is 1.68. The maximum atomic E-state index is 9.25. The van der Waals surface area contributed by atoms with Crippen molar-refractivity contribution in [2.24, 2.45) is 0 Å². The SMILES string of the molecule is COC1C=C(C)C=CC1(O)O. The van der Waals surface area contributed by atoms with E-state index in [0.717, 1.165) is 5.57 Å². The molecule has 0 saturated heterocycles. The molecule has 0 spiro atoms. The van der Waals surface area contributed by atoms with Crippen LogP contribution in [0.5, 0.6) is 0 Å². The zero-order valence-corrected chi connectivity index (χ0v) is 6.61. The summed E-state index contributed by atoms with van der Waals surface area (Å²) < 4.78 is 4.85. The number of methoxy groups -OCH3 is 1. The highest BCUT2D eigenvalue weighted by atomic mass is 16.6. The highest BCUT2D eigenvalue weighted by Crippen LogP contribution is 2.20. The van der Waals surface area contributed by atoms with Gasteiger partial charge in [0.25, 0.3) is 0 Å². The maximum absolute atomic E-state index is 9.25. The first kappa shape index (κ1) is 8.46. The number of hydrogen-bond acceptors (Lipinski definition) is 3. The van der Waals surface area contributed by atoms with E-state index < -0.39 is 11.9 Å². The molecule has 2 N–H and O–H groups in total. The zero-order valence-electron chi connectivity index (χ0n) is 6.61. The van der Waals surface area contributed by atoms with Gasteiger partial charge in [-0.3, -0.25) is 0 Å². The molecule has 1 aliphatic rings. The monoisotopic (exact) mass is 156 g/mol. The number of hydrogen-bond donors (Lipinski definition) is 2. The molecule has 1 unspecified atom stereocenters. The van der Waals surface area contributed by atoms with Crippen LogP contribution in [0.4, 0.5) is 0 Å². The summed E-state index contributed by atoms with van der Waals surface area (Å²) in [7, 11) is 1.44. The van der Waals surface area contributed by atoms with Crippen LogP contribution >= 0.6 is 0 Å². The minimum absolute atomic E-state index is 0.660. The highest BCUT2D eigenvalue weighted by Gasteiger charge is 2.32. The topological polar surface area (TPSA) is 49.7 Å². The summed E-state index contributed by atoms with van der Waals surface area (Å²) in [6, 6.07) is 0. The minimum atomic E-state index is -1.85. The number of rotatable bonds is 1. The van der Waals surface area contributed by atoms with Gasteiger partial charge in [-0.1, -0.05) is 11.6 Å². The van der Waals surface area contributed by atoms with E-state index in [1.807, 2.05) is 6.92 Å². The van der Waals surface area contributed by atoms with Gasteiger partial charge in [0.1, 0.15) is 6.10 Å². The lowest BCUT2D eigenvalue weighted by Gasteiger charge is -2.27. The van der Waals surface area contributed by atoms with Crippen molar-refractivity contribution < 1.29 is 14.9 Å². The van der Waals surface area contributed by atoms with Crippen LogP contribution in [0.25, 0.3) is 0 Å². The molecule has 1 atom stereocenters. The van der Waals surface area contributed by atoms with Crippen LogP contribution in [0.1, 0.15) is 6.92 Å². The third kappa shape index (κ3) is 1.68. The predicted molar refractivity (Wildman–Crippen MR) is 40.9 cm³/mol. The standard InChI is InChI=1S/C8H12O3/c1-6-3-4-8(9,10)7(5-6)11-2/h3-5,7,9-10H,1-2H3. The lowest BCUT2D eigenvalue weighted by Crippen LogP contribution is -2.41. The van der Waals surface area contributed by atoms with Crippen LogP contribution < -0.4 is 0 Å². The summed E-state index contributed by atoms with van der Waals surface area (Å²) in [4.78, 5) is 0. The van der Waals surface area contributed by atoms with Crippen LogP contribution in [0.2, 0.25) is 0 Å². The van der Waals surface area contributed by atoms with Crippen molar-refractivity contribution in [1.82, 2.24) is 0 Å². The van der Waals surface area contributed by atoms with Gasteiger partial charge in [-0.05, 0) is 19.1 Å². The van der Waals surface area contributed by atoms with E-state index >= 15 is 0 Å². The molecule has 0 aromatic carbocycles. The molecule has 0 bridgehead atoms.